The lowest BCUT2D eigenvalue weighted by Gasteiger charge is -2.18. The lowest BCUT2D eigenvalue weighted by atomic mass is 10.3. The Labute approximate surface area is 141 Å². The van der Waals surface area contributed by atoms with Crippen molar-refractivity contribution >= 4 is 30.1 Å². The van der Waals surface area contributed by atoms with Gasteiger partial charge in [0, 0.05) is 30.2 Å². The molecule has 124 valence electrons. The van der Waals surface area contributed by atoms with Gasteiger partial charge in [-0.1, -0.05) is 6.92 Å². The zero-order valence-electron chi connectivity index (χ0n) is 12.7. The first-order valence-corrected chi connectivity index (χ1v) is 8.28. The van der Waals surface area contributed by atoms with Crippen LogP contribution in [0.3, 0.4) is 0 Å². The number of carbonyl (C=O) groups excluding carboxylic acids is 1. The number of halogens is 1. The quantitative estimate of drug-likeness (QED) is 0.557. The third-order valence-electron chi connectivity index (χ3n) is 2.99. The van der Waals surface area contributed by atoms with Crippen molar-refractivity contribution in [3.63, 3.8) is 0 Å². The number of amides is 1. The van der Waals surface area contributed by atoms with Crippen LogP contribution in [0.5, 0.6) is 11.5 Å². The molecule has 1 aromatic carbocycles. The molecule has 0 radical (unpaired) electrons. The average Bonchev–Trinajstić information content (AvgIpc) is 2.51. The molecular weight excluding hydrogens is 324 g/mol. The Hall–Kier alpha value is -1.11. The van der Waals surface area contributed by atoms with Crippen molar-refractivity contribution in [2.24, 2.45) is 0 Å². The number of thioether (sulfide) groups is 1. The molecular formula is C15H23ClN2O3S. The second-order valence-electron chi connectivity index (χ2n) is 4.61. The van der Waals surface area contributed by atoms with Crippen molar-refractivity contribution < 1.29 is 14.3 Å². The molecule has 0 spiro atoms. The minimum absolute atomic E-state index is 0. The first kappa shape index (κ1) is 18.9. The number of hydrogen-bond acceptors (Lipinski definition) is 5. The van der Waals surface area contributed by atoms with Gasteiger partial charge in [0.05, 0.1) is 0 Å². The number of rotatable bonds is 8. The first-order chi connectivity index (χ1) is 10.3. The zero-order valence-corrected chi connectivity index (χ0v) is 14.4. The number of nitrogens with one attached hydrogen (secondary N) is 2. The van der Waals surface area contributed by atoms with Crippen molar-refractivity contribution in [3.8, 4) is 11.5 Å². The van der Waals surface area contributed by atoms with Gasteiger partial charge >= 0.3 is 0 Å². The molecule has 0 unspecified atom stereocenters. The van der Waals surface area contributed by atoms with Crippen molar-refractivity contribution in [3.05, 3.63) is 18.2 Å². The van der Waals surface area contributed by atoms with E-state index in [2.05, 4.69) is 10.6 Å². The summed E-state index contributed by atoms with van der Waals surface area (Å²) in [5.74, 6) is 2.44. The second kappa shape index (κ2) is 10.6. The van der Waals surface area contributed by atoms with E-state index < -0.39 is 0 Å². The maximum atomic E-state index is 11.6. The number of likely N-dealkylation sites (N-methyl/N-ethyl adjacent to an activating group) is 1. The van der Waals surface area contributed by atoms with Crippen molar-refractivity contribution in [1.82, 2.24) is 10.6 Å². The molecule has 1 heterocycles. The summed E-state index contributed by atoms with van der Waals surface area (Å²) in [6.45, 7) is 5.67. The van der Waals surface area contributed by atoms with Gasteiger partial charge < -0.3 is 20.1 Å². The molecule has 0 atom stereocenters. The van der Waals surface area contributed by atoms with Gasteiger partial charge in [-0.15, -0.1) is 24.2 Å². The van der Waals surface area contributed by atoms with Gasteiger partial charge in [0.15, 0.2) is 11.5 Å². The number of fused-ring (bicyclic) bond motifs is 1. The van der Waals surface area contributed by atoms with E-state index in [9.17, 15) is 4.79 Å². The first-order valence-electron chi connectivity index (χ1n) is 7.29. The monoisotopic (exact) mass is 346 g/mol. The summed E-state index contributed by atoms with van der Waals surface area (Å²) in [4.78, 5) is 12.7. The molecule has 1 aromatic rings. The molecule has 0 saturated carbocycles. The molecule has 0 fully saturated rings. The van der Waals surface area contributed by atoms with E-state index >= 15 is 0 Å². The lowest BCUT2D eigenvalue weighted by Crippen LogP contribution is -2.31. The van der Waals surface area contributed by atoms with E-state index in [1.165, 1.54) is 0 Å². The minimum atomic E-state index is 0. The standard InChI is InChI=1S/C15H22N2O3S.ClH/c1-2-16-6-7-17-15(18)5-10-21-12-3-4-13-14(11-12)20-9-8-19-13;/h3-4,11,16H,2,5-10H2,1H3,(H,17,18);1H. The Morgan fingerprint density at radius 3 is 2.77 bits per heavy atom. The normalized spacial score (nSPS) is 12.4. The fourth-order valence-electron chi connectivity index (χ4n) is 1.93. The molecule has 0 bridgehead atoms. The fourth-order valence-corrected chi connectivity index (χ4v) is 2.81. The lowest BCUT2D eigenvalue weighted by molar-refractivity contribution is -0.120. The van der Waals surface area contributed by atoms with E-state index in [1.54, 1.807) is 11.8 Å². The van der Waals surface area contributed by atoms with Gasteiger partial charge in [-0.25, -0.2) is 0 Å². The number of carbonyl (C=O) groups is 1. The Morgan fingerprint density at radius 1 is 1.23 bits per heavy atom. The van der Waals surface area contributed by atoms with Crippen LogP contribution in [0.2, 0.25) is 0 Å². The summed E-state index contributed by atoms with van der Waals surface area (Å²) < 4.78 is 11.0. The highest BCUT2D eigenvalue weighted by Gasteiger charge is 2.12. The average molecular weight is 347 g/mol. The number of hydrogen-bond donors (Lipinski definition) is 2. The van der Waals surface area contributed by atoms with Crippen LogP contribution in [0.4, 0.5) is 0 Å². The molecule has 2 rings (SSSR count). The van der Waals surface area contributed by atoms with Gasteiger partial charge in [-0.3, -0.25) is 4.79 Å². The summed E-state index contributed by atoms with van der Waals surface area (Å²) in [6, 6.07) is 5.90. The van der Waals surface area contributed by atoms with Gasteiger partial charge in [0.25, 0.3) is 0 Å². The number of benzene rings is 1. The van der Waals surface area contributed by atoms with Crippen molar-refractivity contribution in [2.75, 3.05) is 38.6 Å². The Balaban J connectivity index is 0.00000242. The smallest absolute Gasteiger partial charge is 0.220 e. The van der Waals surface area contributed by atoms with Crippen LogP contribution in [-0.2, 0) is 4.79 Å². The predicted molar refractivity (Wildman–Crippen MR) is 91.6 cm³/mol. The highest BCUT2D eigenvalue weighted by molar-refractivity contribution is 7.99. The van der Waals surface area contributed by atoms with Gasteiger partial charge in [0.2, 0.25) is 5.91 Å². The topological polar surface area (TPSA) is 59.6 Å². The van der Waals surface area contributed by atoms with Crippen molar-refractivity contribution in [1.29, 1.82) is 0 Å². The third-order valence-corrected chi connectivity index (χ3v) is 3.98. The van der Waals surface area contributed by atoms with E-state index in [4.69, 9.17) is 9.47 Å². The summed E-state index contributed by atoms with van der Waals surface area (Å²) >= 11 is 1.65. The van der Waals surface area contributed by atoms with E-state index in [-0.39, 0.29) is 18.3 Å². The molecule has 0 saturated heterocycles. The maximum Gasteiger partial charge on any atom is 0.220 e. The van der Waals surface area contributed by atoms with Crippen LogP contribution in [0.25, 0.3) is 0 Å². The fraction of sp³-hybridized carbons (Fsp3) is 0.533. The van der Waals surface area contributed by atoms with Crippen LogP contribution in [0.1, 0.15) is 13.3 Å². The predicted octanol–water partition coefficient (Wildman–Crippen LogP) is 2.09. The van der Waals surface area contributed by atoms with E-state index in [0.29, 0.717) is 26.2 Å². The summed E-state index contributed by atoms with van der Waals surface area (Å²) in [7, 11) is 0. The summed E-state index contributed by atoms with van der Waals surface area (Å²) in [6.07, 6.45) is 0.519. The molecule has 1 aliphatic rings. The minimum Gasteiger partial charge on any atom is -0.486 e. The van der Waals surface area contributed by atoms with E-state index in [1.807, 2.05) is 25.1 Å². The van der Waals surface area contributed by atoms with Crippen LogP contribution in [0.15, 0.2) is 23.1 Å². The highest BCUT2D eigenvalue weighted by atomic mass is 35.5. The largest absolute Gasteiger partial charge is 0.486 e. The van der Waals surface area contributed by atoms with Gasteiger partial charge in [0.1, 0.15) is 13.2 Å². The molecule has 1 aliphatic heterocycles. The van der Waals surface area contributed by atoms with Gasteiger partial charge in [-0.05, 0) is 24.7 Å². The molecule has 0 aromatic heterocycles. The van der Waals surface area contributed by atoms with Gasteiger partial charge in [-0.2, -0.15) is 0 Å². The second-order valence-corrected chi connectivity index (χ2v) is 5.78. The zero-order chi connectivity index (χ0) is 14.9. The van der Waals surface area contributed by atoms with Crippen LogP contribution >= 0.6 is 24.2 Å². The third kappa shape index (κ3) is 6.34. The number of ether oxygens (including phenoxy) is 2. The summed E-state index contributed by atoms with van der Waals surface area (Å²) in [5, 5.41) is 6.06. The van der Waals surface area contributed by atoms with Crippen LogP contribution in [-0.4, -0.2) is 44.5 Å². The summed E-state index contributed by atoms with van der Waals surface area (Å²) in [5.41, 5.74) is 0. The Kier molecular flexibility index (Phi) is 9.11. The molecule has 0 aliphatic carbocycles. The molecule has 5 nitrogen and oxygen atoms in total. The molecule has 1 amide bonds. The Morgan fingerprint density at radius 2 is 2.00 bits per heavy atom. The van der Waals surface area contributed by atoms with Crippen LogP contribution in [0, 0.1) is 0 Å². The Bertz CT molecular complexity index is 474. The SMILES string of the molecule is CCNCCNC(=O)CCSc1ccc2c(c1)OCCO2.Cl. The molecule has 7 heteroatoms. The molecule has 22 heavy (non-hydrogen) atoms. The van der Waals surface area contributed by atoms with Crippen LogP contribution < -0.4 is 20.1 Å². The molecule has 2 N–H and O–H groups in total. The highest BCUT2D eigenvalue weighted by Crippen LogP contribution is 2.34. The van der Waals surface area contributed by atoms with Crippen molar-refractivity contribution in [2.45, 2.75) is 18.2 Å². The maximum absolute atomic E-state index is 11.6. The van der Waals surface area contributed by atoms with E-state index in [0.717, 1.165) is 35.2 Å².